The van der Waals surface area contributed by atoms with Crippen LogP contribution in [0.4, 0.5) is 0 Å². The zero-order valence-electron chi connectivity index (χ0n) is 5.81. The van der Waals surface area contributed by atoms with E-state index in [-0.39, 0.29) is 0 Å². The molecule has 0 fully saturated rings. The molecule has 1 heterocycles. The van der Waals surface area contributed by atoms with Gasteiger partial charge in [-0.3, -0.25) is 0 Å². The molecule has 0 aliphatic rings. The standard InChI is InChI=1S/C5H8N4O/c1-4-7-5(3-6-10)9(2)8-4/h3,10H,1-2H3/b6-3+. The van der Waals surface area contributed by atoms with Gasteiger partial charge in [0.1, 0.15) is 12.0 Å². The summed E-state index contributed by atoms with van der Waals surface area (Å²) in [5.74, 6) is 1.21. The highest BCUT2D eigenvalue weighted by molar-refractivity contribution is 5.73. The van der Waals surface area contributed by atoms with Crippen LogP contribution in [0.1, 0.15) is 11.6 Å². The van der Waals surface area contributed by atoms with Crippen LogP contribution >= 0.6 is 0 Å². The van der Waals surface area contributed by atoms with Gasteiger partial charge in [0.15, 0.2) is 5.82 Å². The molecule has 0 saturated heterocycles. The van der Waals surface area contributed by atoms with E-state index >= 15 is 0 Å². The Morgan fingerprint density at radius 3 is 2.80 bits per heavy atom. The summed E-state index contributed by atoms with van der Waals surface area (Å²) in [6.07, 6.45) is 1.24. The number of oxime groups is 1. The van der Waals surface area contributed by atoms with Crippen molar-refractivity contribution in [2.75, 3.05) is 0 Å². The highest BCUT2D eigenvalue weighted by atomic mass is 16.4. The Hall–Kier alpha value is -1.39. The fourth-order valence-electron chi connectivity index (χ4n) is 0.693. The van der Waals surface area contributed by atoms with Gasteiger partial charge in [0, 0.05) is 7.05 Å². The predicted octanol–water partition coefficient (Wildman–Crippen LogP) is -0.0684. The second-order valence-corrected chi connectivity index (χ2v) is 1.89. The van der Waals surface area contributed by atoms with Crippen molar-refractivity contribution < 1.29 is 5.21 Å². The van der Waals surface area contributed by atoms with E-state index in [0.29, 0.717) is 11.6 Å². The summed E-state index contributed by atoms with van der Waals surface area (Å²) in [7, 11) is 1.73. The summed E-state index contributed by atoms with van der Waals surface area (Å²) in [5, 5.41) is 14.9. The largest absolute Gasteiger partial charge is 0.411 e. The average Bonchev–Trinajstić information content (AvgIpc) is 2.13. The molecule has 54 valence electrons. The van der Waals surface area contributed by atoms with Gasteiger partial charge in [-0.1, -0.05) is 5.16 Å². The highest BCUT2D eigenvalue weighted by Gasteiger charge is 1.98. The van der Waals surface area contributed by atoms with E-state index in [4.69, 9.17) is 5.21 Å². The van der Waals surface area contributed by atoms with Gasteiger partial charge in [-0.15, -0.1) is 0 Å². The molecule has 0 saturated carbocycles. The van der Waals surface area contributed by atoms with Crippen molar-refractivity contribution in [1.29, 1.82) is 0 Å². The van der Waals surface area contributed by atoms with E-state index < -0.39 is 0 Å². The molecule has 0 aromatic carbocycles. The van der Waals surface area contributed by atoms with Crippen LogP contribution in [0.5, 0.6) is 0 Å². The fraction of sp³-hybridized carbons (Fsp3) is 0.400. The molecule has 0 spiro atoms. The zero-order chi connectivity index (χ0) is 7.56. The van der Waals surface area contributed by atoms with Crippen LogP contribution in [0.2, 0.25) is 0 Å². The van der Waals surface area contributed by atoms with Crippen LogP contribution in [0.15, 0.2) is 5.16 Å². The predicted molar refractivity (Wildman–Crippen MR) is 35.1 cm³/mol. The first-order valence-electron chi connectivity index (χ1n) is 2.79. The van der Waals surface area contributed by atoms with Crippen LogP contribution in [-0.2, 0) is 7.05 Å². The quantitative estimate of drug-likeness (QED) is 0.337. The minimum Gasteiger partial charge on any atom is -0.411 e. The van der Waals surface area contributed by atoms with E-state index in [1.54, 1.807) is 14.0 Å². The van der Waals surface area contributed by atoms with Crippen molar-refractivity contribution in [2.24, 2.45) is 12.2 Å². The first-order valence-corrected chi connectivity index (χ1v) is 2.79. The molecule has 1 N–H and O–H groups in total. The summed E-state index contributed by atoms with van der Waals surface area (Å²) in [6.45, 7) is 1.77. The summed E-state index contributed by atoms with van der Waals surface area (Å²) >= 11 is 0. The monoisotopic (exact) mass is 140 g/mol. The van der Waals surface area contributed by atoms with E-state index in [0.717, 1.165) is 0 Å². The van der Waals surface area contributed by atoms with Crippen LogP contribution in [0, 0.1) is 6.92 Å². The minimum absolute atomic E-state index is 0.542. The maximum absolute atomic E-state index is 8.14. The first kappa shape index (κ1) is 6.73. The van der Waals surface area contributed by atoms with E-state index in [9.17, 15) is 0 Å². The molecule has 1 aromatic rings. The Bertz CT molecular complexity index is 252. The second-order valence-electron chi connectivity index (χ2n) is 1.89. The fourth-order valence-corrected chi connectivity index (χ4v) is 0.693. The van der Waals surface area contributed by atoms with Crippen molar-refractivity contribution in [3.8, 4) is 0 Å². The van der Waals surface area contributed by atoms with Crippen molar-refractivity contribution in [1.82, 2.24) is 14.8 Å². The number of aromatic nitrogens is 3. The van der Waals surface area contributed by atoms with Gasteiger partial charge in [0.05, 0.1) is 0 Å². The lowest BCUT2D eigenvalue weighted by Gasteiger charge is -1.86. The highest BCUT2D eigenvalue weighted by Crippen LogP contribution is 1.90. The van der Waals surface area contributed by atoms with E-state index in [1.165, 1.54) is 10.9 Å². The average molecular weight is 140 g/mol. The normalized spacial score (nSPS) is 11.0. The molecule has 0 radical (unpaired) electrons. The topological polar surface area (TPSA) is 63.3 Å². The Labute approximate surface area is 58.0 Å². The minimum atomic E-state index is 0.542. The van der Waals surface area contributed by atoms with Gasteiger partial charge in [-0.2, -0.15) is 5.10 Å². The summed E-state index contributed by atoms with van der Waals surface area (Å²) < 4.78 is 1.54. The third kappa shape index (κ3) is 1.12. The molecule has 0 bridgehead atoms. The number of aryl methyl sites for hydroxylation is 2. The maximum Gasteiger partial charge on any atom is 0.172 e. The molecule has 0 unspecified atom stereocenters. The molecule has 1 rings (SSSR count). The Kier molecular flexibility index (Phi) is 1.66. The lowest BCUT2D eigenvalue weighted by molar-refractivity contribution is 0.321. The van der Waals surface area contributed by atoms with Crippen molar-refractivity contribution in [3.05, 3.63) is 11.6 Å². The smallest absolute Gasteiger partial charge is 0.172 e. The molecule has 0 amide bonds. The van der Waals surface area contributed by atoms with Gasteiger partial charge in [-0.05, 0) is 6.92 Å². The summed E-state index contributed by atoms with van der Waals surface area (Å²) in [4.78, 5) is 3.94. The number of nitrogens with zero attached hydrogens (tertiary/aromatic N) is 4. The van der Waals surface area contributed by atoms with E-state index in [1.807, 2.05) is 0 Å². The van der Waals surface area contributed by atoms with Gasteiger partial charge in [0.2, 0.25) is 0 Å². The lowest BCUT2D eigenvalue weighted by Crippen LogP contribution is -1.97. The van der Waals surface area contributed by atoms with Crippen molar-refractivity contribution >= 4 is 6.21 Å². The van der Waals surface area contributed by atoms with Crippen molar-refractivity contribution in [3.63, 3.8) is 0 Å². The van der Waals surface area contributed by atoms with Gasteiger partial charge in [-0.25, -0.2) is 9.67 Å². The summed E-state index contributed by atoms with van der Waals surface area (Å²) in [5.41, 5.74) is 0. The molecule has 1 aromatic heterocycles. The van der Waals surface area contributed by atoms with Crippen LogP contribution in [0.3, 0.4) is 0 Å². The van der Waals surface area contributed by atoms with Crippen LogP contribution < -0.4 is 0 Å². The lowest BCUT2D eigenvalue weighted by atomic mass is 10.6. The van der Waals surface area contributed by atoms with Gasteiger partial charge in [0.25, 0.3) is 0 Å². The Balaban J connectivity index is 3.03. The third-order valence-corrected chi connectivity index (χ3v) is 1.08. The Morgan fingerprint density at radius 2 is 2.40 bits per heavy atom. The SMILES string of the molecule is Cc1nc(/C=N/O)n(C)n1. The molecule has 0 aliphatic heterocycles. The molecule has 0 atom stereocenters. The number of rotatable bonds is 1. The molecule has 5 heteroatoms. The molecular formula is C5H8N4O. The van der Waals surface area contributed by atoms with Gasteiger partial charge >= 0.3 is 0 Å². The van der Waals surface area contributed by atoms with Crippen molar-refractivity contribution in [2.45, 2.75) is 6.92 Å². The van der Waals surface area contributed by atoms with Crippen LogP contribution in [-0.4, -0.2) is 26.2 Å². The number of hydrogen-bond acceptors (Lipinski definition) is 4. The summed E-state index contributed by atoms with van der Waals surface area (Å²) in [6, 6.07) is 0. The van der Waals surface area contributed by atoms with Crippen LogP contribution in [0.25, 0.3) is 0 Å². The molecule has 0 aliphatic carbocycles. The second kappa shape index (κ2) is 2.47. The number of hydrogen-bond donors (Lipinski definition) is 1. The molecule has 10 heavy (non-hydrogen) atoms. The molecular weight excluding hydrogens is 132 g/mol. The maximum atomic E-state index is 8.14. The zero-order valence-corrected chi connectivity index (χ0v) is 5.81. The van der Waals surface area contributed by atoms with E-state index in [2.05, 4.69) is 15.2 Å². The third-order valence-electron chi connectivity index (χ3n) is 1.08. The molecule has 5 nitrogen and oxygen atoms in total. The first-order chi connectivity index (χ1) is 4.74. The van der Waals surface area contributed by atoms with Gasteiger partial charge < -0.3 is 5.21 Å². The Morgan fingerprint density at radius 1 is 1.70 bits per heavy atom.